The summed E-state index contributed by atoms with van der Waals surface area (Å²) in [5, 5.41) is 0. The predicted octanol–water partition coefficient (Wildman–Crippen LogP) is 5.80. The molecule has 0 N–H and O–H groups in total. The van der Waals surface area contributed by atoms with E-state index in [0.29, 0.717) is 0 Å². The molecule has 0 aliphatic heterocycles. The van der Waals surface area contributed by atoms with Crippen LogP contribution in [0.4, 0.5) is 0 Å². The van der Waals surface area contributed by atoms with E-state index in [-0.39, 0.29) is 5.78 Å². The van der Waals surface area contributed by atoms with E-state index in [1.807, 2.05) is 52.0 Å². The summed E-state index contributed by atoms with van der Waals surface area (Å²) >= 11 is 0. The van der Waals surface area contributed by atoms with Crippen LogP contribution < -0.4 is 0 Å². The Morgan fingerprint density at radius 3 is 1.86 bits per heavy atom. The molecule has 0 atom stereocenters. The van der Waals surface area contributed by atoms with Crippen LogP contribution in [0.1, 0.15) is 69.8 Å². The van der Waals surface area contributed by atoms with Gasteiger partial charge < -0.3 is 0 Å². The van der Waals surface area contributed by atoms with E-state index in [1.54, 1.807) is 6.92 Å². The van der Waals surface area contributed by atoms with Crippen LogP contribution in [0.2, 0.25) is 6.32 Å². The van der Waals surface area contributed by atoms with Crippen molar-refractivity contribution in [2.75, 3.05) is 0 Å². The van der Waals surface area contributed by atoms with Crippen molar-refractivity contribution in [3.05, 3.63) is 47.5 Å². The van der Waals surface area contributed by atoms with E-state index in [2.05, 4.69) is 6.58 Å². The zero-order chi connectivity index (χ0) is 16.7. The van der Waals surface area contributed by atoms with Crippen molar-refractivity contribution in [3.63, 3.8) is 0 Å². The number of Topliss-reactive ketones (excluding diaryl/α,β-unsaturated/α-hetero) is 1. The van der Waals surface area contributed by atoms with Crippen LogP contribution in [0.25, 0.3) is 0 Å². The molecule has 0 aliphatic carbocycles. The molecule has 2 radical (unpaired) electrons. The Balaban J connectivity index is 0. The fourth-order valence-electron chi connectivity index (χ4n) is 1.56. The van der Waals surface area contributed by atoms with Crippen LogP contribution in [0.15, 0.2) is 36.4 Å². The second-order valence-corrected chi connectivity index (χ2v) is 5.06. The van der Waals surface area contributed by atoms with E-state index in [9.17, 15) is 4.79 Å². The van der Waals surface area contributed by atoms with Gasteiger partial charge in [0, 0.05) is 5.56 Å². The molecule has 1 nitrogen and oxygen atoms in total. The predicted molar refractivity (Wildman–Crippen MR) is 96.4 cm³/mol. The SMILES string of the molecule is C=C(C)C.CC.[B]CCCCCc1ccc(C(C)=O)cc1. The normalized spacial score (nSPS) is 8.81. The molecule has 0 saturated heterocycles. The molecule has 0 spiro atoms. The smallest absolute Gasteiger partial charge is 0.159 e. The molecule has 0 aromatic heterocycles. The lowest BCUT2D eigenvalue weighted by molar-refractivity contribution is 0.101. The number of rotatable bonds is 6. The molecule has 0 saturated carbocycles. The Kier molecular flexibility index (Phi) is 15.8. The van der Waals surface area contributed by atoms with Gasteiger partial charge in [-0.2, -0.15) is 0 Å². The zero-order valence-electron chi connectivity index (χ0n) is 14.5. The lowest BCUT2D eigenvalue weighted by Gasteiger charge is -2.02. The average Bonchev–Trinajstić information content (AvgIpc) is 2.46. The van der Waals surface area contributed by atoms with Gasteiger partial charge in [0.15, 0.2) is 5.78 Å². The number of unbranched alkanes of at least 4 members (excludes halogenated alkanes) is 2. The van der Waals surface area contributed by atoms with Gasteiger partial charge in [0.1, 0.15) is 0 Å². The quantitative estimate of drug-likeness (QED) is 0.279. The second-order valence-electron chi connectivity index (χ2n) is 5.06. The second kappa shape index (κ2) is 15.1. The van der Waals surface area contributed by atoms with E-state index in [4.69, 9.17) is 7.85 Å². The van der Waals surface area contributed by atoms with Gasteiger partial charge in [-0.15, -0.1) is 6.58 Å². The van der Waals surface area contributed by atoms with Gasteiger partial charge in [-0.05, 0) is 39.2 Å². The summed E-state index contributed by atoms with van der Waals surface area (Å²) in [5.74, 6) is 0.129. The van der Waals surface area contributed by atoms with E-state index < -0.39 is 0 Å². The minimum Gasteiger partial charge on any atom is -0.295 e. The summed E-state index contributed by atoms with van der Waals surface area (Å²) in [5.41, 5.74) is 3.26. The summed E-state index contributed by atoms with van der Waals surface area (Å²) < 4.78 is 0. The first kappa shape index (κ1) is 22.0. The highest BCUT2D eigenvalue weighted by Gasteiger charge is 1.98. The fourth-order valence-corrected chi connectivity index (χ4v) is 1.56. The summed E-state index contributed by atoms with van der Waals surface area (Å²) in [6, 6.07) is 7.89. The molecule has 1 rings (SSSR count). The number of benzene rings is 1. The summed E-state index contributed by atoms with van der Waals surface area (Å²) in [6.45, 7) is 13.1. The highest BCUT2D eigenvalue weighted by molar-refractivity contribution is 6.08. The Hall–Kier alpha value is -1.31. The molecular weight excluding hydrogens is 255 g/mol. The number of hydrogen-bond acceptors (Lipinski definition) is 1. The molecule has 0 unspecified atom stereocenters. The molecule has 0 fully saturated rings. The maximum Gasteiger partial charge on any atom is 0.159 e. The van der Waals surface area contributed by atoms with Gasteiger partial charge >= 0.3 is 0 Å². The monoisotopic (exact) mass is 286 g/mol. The van der Waals surface area contributed by atoms with Crippen LogP contribution in [0.5, 0.6) is 0 Å². The molecule has 0 amide bonds. The third-order valence-electron chi connectivity index (χ3n) is 2.53. The lowest BCUT2D eigenvalue weighted by Crippen LogP contribution is -1.92. The van der Waals surface area contributed by atoms with Crippen molar-refractivity contribution < 1.29 is 4.79 Å². The first-order chi connectivity index (χ1) is 9.97. The zero-order valence-corrected chi connectivity index (χ0v) is 14.5. The first-order valence-electron chi connectivity index (χ1n) is 7.89. The van der Waals surface area contributed by atoms with Crippen LogP contribution in [0, 0.1) is 0 Å². The molecule has 116 valence electrons. The minimum atomic E-state index is 0.129. The molecule has 2 heteroatoms. The van der Waals surface area contributed by atoms with Crippen LogP contribution in [-0.4, -0.2) is 13.6 Å². The highest BCUT2D eigenvalue weighted by atomic mass is 16.1. The Morgan fingerprint density at radius 1 is 1.00 bits per heavy atom. The van der Waals surface area contributed by atoms with Gasteiger partial charge in [0.05, 0.1) is 7.85 Å². The third kappa shape index (κ3) is 14.9. The van der Waals surface area contributed by atoms with Crippen LogP contribution in [-0.2, 0) is 6.42 Å². The Bertz CT molecular complexity index is 375. The van der Waals surface area contributed by atoms with Crippen LogP contribution >= 0.6 is 0 Å². The van der Waals surface area contributed by atoms with Crippen molar-refractivity contribution in [2.24, 2.45) is 0 Å². The molecule has 0 bridgehead atoms. The standard InChI is InChI=1S/C13H17BO.C4H8.C2H6/c1-11(15)13-8-6-12(7-9-13)5-3-2-4-10-14;1-4(2)3;1-2/h6-9H,2-5,10H2,1H3;1H2,2-3H3;1-2H3. The topological polar surface area (TPSA) is 17.1 Å². The number of allylic oxidation sites excluding steroid dienone is 1. The Labute approximate surface area is 133 Å². The molecular formula is C19H31BO. The lowest BCUT2D eigenvalue weighted by atomic mass is 9.97. The maximum absolute atomic E-state index is 11.0. The molecule has 0 aliphatic rings. The maximum atomic E-state index is 11.0. The summed E-state index contributed by atoms with van der Waals surface area (Å²) in [4.78, 5) is 11.0. The largest absolute Gasteiger partial charge is 0.295 e. The molecule has 1 aromatic rings. The number of carbonyl (C=O) groups is 1. The van der Waals surface area contributed by atoms with Gasteiger partial charge in [-0.25, -0.2) is 0 Å². The fraction of sp³-hybridized carbons (Fsp3) is 0.526. The van der Waals surface area contributed by atoms with Crippen molar-refractivity contribution in [1.29, 1.82) is 0 Å². The van der Waals surface area contributed by atoms with E-state index in [0.717, 1.165) is 24.7 Å². The number of ketones is 1. The first-order valence-corrected chi connectivity index (χ1v) is 7.89. The van der Waals surface area contributed by atoms with Gasteiger partial charge in [-0.3, -0.25) is 4.79 Å². The van der Waals surface area contributed by atoms with Crippen molar-refractivity contribution in [2.45, 2.75) is 66.6 Å². The molecule has 1 aromatic carbocycles. The average molecular weight is 286 g/mol. The number of hydrogen-bond donors (Lipinski definition) is 0. The van der Waals surface area contributed by atoms with E-state index in [1.165, 1.54) is 24.0 Å². The Morgan fingerprint density at radius 2 is 1.48 bits per heavy atom. The van der Waals surface area contributed by atoms with Crippen molar-refractivity contribution in [3.8, 4) is 0 Å². The molecule has 0 heterocycles. The third-order valence-corrected chi connectivity index (χ3v) is 2.53. The van der Waals surface area contributed by atoms with Gasteiger partial charge in [0.25, 0.3) is 0 Å². The molecule has 21 heavy (non-hydrogen) atoms. The van der Waals surface area contributed by atoms with Gasteiger partial charge in [0.2, 0.25) is 0 Å². The number of carbonyl (C=O) groups excluding carboxylic acids is 1. The number of aryl methyl sites for hydroxylation is 1. The van der Waals surface area contributed by atoms with E-state index >= 15 is 0 Å². The van der Waals surface area contributed by atoms with Crippen molar-refractivity contribution >= 4 is 13.6 Å². The summed E-state index contributed by atoms with van der Waals surface area (Å²) in [6.07, 6.45) is 5.33. The summed E-state index contributed by atoms with van der Waals surface area (Å²) in [7, 11) is 5.42. The van der Waals surface area contributed by atoms with Crippen LogP contribution in [0.3, 0.4) is 0 Å². The minimum absolute atomic E-state index is 0.129. The van der Waals surface area contributed by atoms with Gasteiger partial charge in [-0.1, -0.05) is 62.8 Å². The highest BCUT2D eigenvalue weighted by Crippen LogP contribution is 2.09. The van der Waals surface area contributed by atoms with Crippen molar-refractivity contribution in [1.82, 2.24) is 0 Å².